The minimum absolute atomic E-state index is 0.676. The number of imidazole rings is 5. The van der Waals surface area contributed by atoms with E-state index in [0.717, 1.165) is 82.2 Å². The monoisotopic (exact) mass is 1440 g/mol. The topological polar surface area (TPSA) is 201 Å². The molecule has 108 heavy (non-hydrogen) atoms. The Balaban J connectivity index is 0.0000000856. The fraction of sp³-hybridized carbons (Fsp3) is 0.145. The van der Waals surface area contributed by atoms with Gasteiger partial charge in [0.2, 0.25) is 27.8 Å². The molecule has 0 saturated carbocycles. The molecule has 0 atom stereocenters. The lowest BCUT2D eigenvalue weighted by Crippen LogP contribution is -2.31. The van der Waals surface area contributed by atoms with Crippen molar-refractivity contribution in [3.05, 3.63) is 243 Å². The number of furan rings is 1. The number of benzene rings is 1. The van der Waals surface area contributed by atoms with Gasteiger partial charge in [0.25, 0.3) is 28.6 Å². The highest BCUT2D eigenvalue weighted by Crippen LogP contribution is 2.44. The van der Waals surface area contributed by atoms with Crippen molar-refractivity contribution in [3.8, 4) is 62.6 Å². The summed E-state index contributed by atoms with van der Waals surface area (Å²) in [5.41, 5.74) is 27.3. The number of aromatic nitrogens is 23. The summed E-state index contributed by atoms with van der Waals surface area (Å²) in [6.07, 6.45) is 37.4. The van der Waals surface area contributed by atoms with Crippen LogP contribution < -0.4 is 22.8 Å². The normalized spacial score (nSPS) is 13.5. The van der Waals surface area contributed by atoms with E-state index >= 15 is 0 Å². The zero-order valence-electron chi connectivity index (χ0n) is 62.3. The lowest BCUT2D eigenvalue weighted by atomic mass is 10.2. The summed E-state index contributed by atoms with van der Waals surface area (Å²) in [6, 6.07) is 30.9. The number of aryl methyl sites for hydroxylation is 7. The number of pyridine rings is 10. The van der Waals surface area contributed by atoms with E-state index in [-0.39, 0.29) is 0 Å². The van der Waals surface area contributed by atoms with Crippen LogP contribution in [0.25, 0.3) is 171 Å². The minimum atomic E-state index is -2.26. The fourth-order valence-corrected chi connectivity index (χ4v) is 19.0. The molecule has 0 radical (unpaired) electrons. The maximum Gasteiger partial charge on any atom is 0.339 e. The van der Waals surface area contributed by atoms with Gasteiger partial charge >= 0.3 is 5.71 Å². The van der Waals surface area contributed by atoms with Crippen LogP contribution in [0.2, 0.25) is 0 Å². The van der Waals surface area contributed by atoms with Gasteiger partial charge in [0.05, 0.1) is 128 Å². The maximum atomic E-state index is 7.99. The summed E-state index contributed by atoms with van der Waals surface area (Å²) in [5, 5.41) is 5.54. The first kappa shape index (κ1) is 58.6. The molecular weight excluding hydrogens is 1370 g/mol. The highest BCUT2D eigenvalue weighted by Gasteiger charge is 2.41. The number of thiophene rings is 1. The van der Waals surface area contributed by atoms with Gasteiger partial charge in [-0.05, 0) is 66.7 Å². The summed E-state index contributed by atoms with van der Waals surface area (Å²) in [6.45, 7) is 1.99. The second-order valence-electron chi connectivity index (χ2n) is 28.0. The first-order valence-corrected chi connectivity index (χ1v) is 36.4. The van der Waals surface area contributed by atoms with Crippen LogP contribution in [0.4, 0.5) is 0 Å². The Morgan fingerprint density at radius 3 is 1.23 bits per heavy atom. The van der Waals surface area contributed by atoms with Gasteiger partial charge in [-0.3, -0.25) is 59.0 Å². The lowest BCUT2D eigenvalue weighted by Gasteiger charge is -2.03. The van der Waals surface area contributed by atoms with Gasteiger partial charge in [-0.15, -0.1) is 0 Å². The molecule has 0 aliphatic carbocycles. The van der Waals surface area contributed by atoms with Crippen molar-refractivity contribution in [2.24, 2.45) is 49.3 Å². The number of hydrogen-bond donors (Lipinski definition) is 0. The Hall–Kier alpha value is -13.8. The van der Waals surface area contributed by atoms with Crippen molar-refractivity contribution in [1.29, 1.82) is 0 Å². The molecule has 0 unspecified atom stereocenters. The molecule has 24 nitrogen and oxygen atoms in total. The van der Waals surface area contributed by atoms with Crippen molar-refractivity contribution in [2.75, 3.05) is 0 Å². The smallest absolute Gasteiger partial charge is 0.339 e. The van der Waals surface area contributed by atoms with E-state index < -0.39 is 6.98 Å². The molecule has 25 heterocycles. The van der Waals surface area contributed by atoms with Crippen LogP contribution in [0, 0.1) is 0 Å². The molecule has 0 amide bonds. The fourth-order valence-electron chi connectivity index (χ4n) is 17.9. The predicted molar refractivity (Wildman–Crippen MR) is 411 cm³/mol. The zero-order chi connectivity index (χ0) is 74.6. The second-order valence-corrected chi connectivity index (χ2v) is 29.1. The Kier molecular flexibility index (Phi) is 12.5. The van der Waals surface area contributed by atoms with Crippen molar-refractivity contribution in [3.63, 3.8) is 0 Å². The van der Waals surface area contributed by atoms with Crippen molar-refractivity contribution in [1.82, 2.24) is 86.4 Å². The third-order valence-corrected chi connectivity index (χ3v) is 23.7. The molecule has 0 N–H and O–H groups in total. The van der Waals surface area contributed by atoms with E-state index in [9.17, 15) is 0 Å². The second kappa shape index (κ2) is 23.1. The molecule has 0 spiro atoms. The van der Waals surface area contributed by atoms with Gasteiger partial charge in [-0.25, -0.2) is 45.7 Å². The van der Waals surface area contributed by atoms with Crippen LogP contribution in [0.5, 0.6) is 0 Å². The van der Waals surface area contributed by atoms with E-state index in [1.165, 1.54) is 137 Å². The molecule has 21 aromatic rings. The molecule has 0 saturated heterocycles. The van der Waals surface area contributed by atoms with Crippen LogP contribution in [0.1, 0.15) is 31.9 Å². The van der Waals surface area contributed by atoms with Crippen molar-refractivity contribution < 1.29 is 31.4 Å². The third kappa shape index (κ3) is 8.51. The number of fused-ring (bicyclic) bond motifs is 35. The van der Waals surface area contributed by atoms with Crippen LogP contribution >= 0.6 is 11.3 Å². The Bertz CT molecular complexity index is 7380. The number of rotatable bonds is 1. The largest absolute Gasteiger partial charge is 0.419 e. The van der Waals surface area contributed by atoms with Gasteiger partial charge in [-0.1, -0.05) is 29.5 Å². The predicted octanol–water partition coefficient (Wildman–Crippen LogP) is 11.3. The van der Waals surface area contributed by atoms with E-state index in [2.05, 4.69) is 201 Å². The van der Waals surface area contributed by atoms with Gasteiger partial charge in [0, 0.05) is 163 Å². The van der Waals surface area contributed by atoms with Gasteiger partial charge in [-0.2, -0.15) is 4.57 Å². The molecule has 0 bridgehead atoms. The molecule has 1 aromatic carbocycles. The van der Waals surface area contributed by atoms with Crippen molar-refractivity contribution >= 4 is 120 Å². The van der Waals surface area contributed by atoms with Crippen LogP contribution in [-0.2, 0) is 82.0 Å². The van der Waals surface area contributed by atoms with E-state index in [0.29, 0.717) is 17.7 Å². The quantitative estimate of drug-likeness (QED) is 0.142. The summed E-state index contributed by atoms with van der Waals surface area (Å²) in [4.78, 5) is 44.1. The SMILES string of the molecule is C[n+]1c2n(c3c4cnccc4n(-c4ccccc4)c31)Cc1ccncc1-2.C[n+]1c2n(c3c4cnccc4oc31)Cc1ccncc1-2.C[n+]1c2n(c3c4cnccc4sc31)Cc1ccncc1-2.Cn1c2ccncc2c2c1[n+](C)c1n2Cc2ccncc2-1.[2H]C([2H])([2H])n1c2ccncc2c2c1[n+](C)c1n2Cc2ccncc2-1. The first-order valence-electron chi connectivity index (χ1n) is 37.0. The molecular formula is C83H66N23OS+5. The summed E-state index contributed by atoms with van der Waals surface area (Å²) in [7, 11) is 12.5. The third-order valence-electron chi connectivity index (χ3n) is 22.5. The highest BCUT2D eigenvalue weighted by atomic mass is 32.1. The van der Waals surface area contributed by atoms with Crippen molar-refractivity contribution in [2.45, 2.75) is 32.7 Å². The molecule has 5 aliphatic rings. The van der Waals surface area contributed by atoms with Gasteiger partial charge in [0.1, 0.15) is 40.9 Å². The maximum absolute atomic E-state index is 7.99. The van der Waals surface area contributed by atoms with Crippen LogP contribution in [-0.4, -0.2) is 86.4 Å². The molecule has 25 heteroatoms. The minimum Gasteiger partial charge on any atom is -0.419 e. The zero-order valence-corrected chi connectivity index (χ0v) is 60.2. The first-order chi connectivity index (χ1) is 54.3. The summed E-state index contributed by atoms with van der Waals surface area (Å²) in [5.74, 6) is 5.80. The molecule has 20 aromatic heterocycles. The van der Waals surface area contributed by atoms with E-state index in [4.69, 9.17) is 8.53 Å². The number of nitrogens with zero attached hydrogens (tertiary/aromatic N) is 23. The molecule has 26 rings (SSSR count). The average molecular weight is 1440 g/mol. The highest BCUT2D eigenvalue weighted by molar-refractivity contribution is 7.25. The van der Waals surface area contributed by atoms with Gasteiger partial charge in [0.15, 0.2) is 22.1 Å². The molecule has 5 aliphatic heterocycles. The van der Waals surface area contributed by atoms with E-state index in [1.807, 2.05) is 141 Å². The Morgan fingerprint density at radius 2 is 0.722 bits per heavy atom. The summed E-state index contributed by atoms with van der Waals surface area (Å²) < 4.78 is 59.8. The van der Waals surface area contributed by atoms with E-state index in [1.54, 1.807) is 30.9 Å². The Morgan fingerprint density at radius 1 is 0.352 bits per heavy atom. The average Bonchev–Trinajstić information content (AvgIpc) is 1.60. The standard InChI is InChI=1S/C21H16N5.2C16H14N5.C15H11N4O.C15H11N4S/c1-24-20-16-11-22-9-7-14(16)13-25(20)19-17-12-23-10-8-18(17)26(21(19)24)15-5-3-2-4-6-15;2*1-19-13-4-6-18-8-12(13)14-16(19)20(2)15-11-7-17-5-3-10(11)9-21(14)15;2*1-18-14-10-6-16-4-2-9(10)8-19(14)13-11-7-17-5-3-12(11)20-15(13)18/h2-12H,13H2,1H3;2*3-8H,9H2,1-2H3;2*2-7H,8H2,1H3/q5*+1/i;1D3;;;. The molecule has 520 valence electrons. The number of hydrogen-bond acceptors (Lipinski definition) is 12. The summed E-state index contributed by atoms with van der Waals surface area (Å²) >= 11 is 1.83. The van der Waals surface area contributed by atoms with Gasteiger partial charge < -0.3 is 4.42 Å². The van der Waals surface area contributed by atoms with Crippen LogP contribution in [0.15, 0.2) is 219 Å². The Labute approximate surface area is 622 Å². The molecule has 0 fully saturated rings. The number of para-hydroxylation sites is 1. The van der Waals surface area contributed by atoms with Crippen LogP contribution in [0.3, 0.4) is 0 Å². The lowest BCUT2D eigenvalue weighted by molar-refractivity contribution is -0.640.